The summed E-state index contributed by atoms with van der Waals surface area (Å²) in [5, 5.41) is 17.9. The minimum atomic E-state index is -2.74. The van der Waals surface area contributed by atoms with E-state index in [0.29, 0.717) is 0 Å². The molecular weight excluding hydrogens is 222 g/mol. The molecule has 0 saturated carbocycles. The number of halogens is 2. The number of rotatable bonds is 4. The van der Waals surface area contributed by atoms with E-state index in [1.807, 2.05) is 0 Å². The van der Waals surface area contributed by atoms with E-state index in [-0.39, 0.29) is 16.8 Å². The molecule has 5 nitrogen and oxygen atoms in total. The van der Waals surface area contributed by atoms with Crippen molar-refractivity contribution in [1.82, 2.24) is 0 Å². The topological polar surface area (TPSA) is 95.6 Å². The Hall–Kier alpha value is -1.73. The number of benzene rings is 1. The summed E-state index contributed by atoms with van der Waals surface area (Å²) in [6, 6.07) is 3.18. The molecule has 5 N–H and O–H groups in total. The average molecular weight is 232 g/mol. The first-order chi connectivity index (χ1) is 7.47. The third-order valence-electron chi connectivity index (χ3n) is 2.01. The molecule has 0 spiro atoms. The van der Waals surface area contributed by atoms with E-state index in [1.165, 1.54) is 6.07 Å². The lowest BCUT2D eigenvalue weighted by atomic mass is 10.0. The minimum Gasteiger partial charge on any atom is -0.479 e. The van der Waals surface area contributed by atoms with Crippen molar-refractivity contribution >= 4 is 11.7 Å². The van der Waals surface area contributed by atoms with E-state index in [4.69, 9.17) is 10.9 Å². The molecule has 1 unspecified atom stereocenters. The van der Waals surface area contributed by atoms with Gasteiger partial charge >= 0.3 is 5.97 Å². The first-order valence-electron chi connectivity index (χ1n) is 4.27. The summed E-state index contributed by atoms with van der Waals surface area (Å²) in [6.07, 6.45) is -4.64. The van der Waals surface area contributed by atoms with Crippen LogP contribution < -0.4 is 11.3 Å². The zero-order chi connectivity index (χ0) is 12.3. The normalized spacial score (nSPS) is 12.6. The lowest BCUT2D eigenvalue weighted by molar-refractivity contribution is -0.146. The van der Waals surface area contributed by atoms with Crippen LogP contribution in [0.3, 0.4) is 0 Å². The maximum absolute atomic E-state index is 12.4. The van der Waals surface area contributed by atoms with E-state index < -0.39 is 18.5 Å². The molecule has 0 aliphatic carbocycles. The van der Waals surface area contributed by atoms with E-state index in [0.717, 1.165) is 12.1 Å². The zero-order valence-electron chi connectivity index (χ0n) is 8.02. The molecule has 0 bridgehead atoms. The van der Waals surface area contributed by atoms with Crippen LogP contribution in [0.1, 0.15) is 23.7 Å². The Morgan fingerprint density at radius 1 is 1.44 bits per heavy atom. The van der Waals surface area contributed by atoms with Crippen molar-refractivity contribution in [3.63, 3.8) is 0 Å². The van der Waals surface area contributed by atoms with Gasteiger partial charge in [-0.2, -0.15) is 0 Å². The maximum Gasteiger partial charge on any atom is 0.337 e. The number of carboxylic acids is 1. The fourth-order valence-corrected chi connectivity index (χ4v) is 1.21. The highest BCUT2D eigenvalue weighted by atomic mass is 19.3. The van der Waals surface area contributed by atoms with Gasteiger partial charge in [-0.25, -0.2) is 13.6 Å². The van der Waals surface area contributed by atoms with Gasteiger partial charge in [-0.1, -0.05) is 6.07 Å². The molecule has 16 heavy (non-hydrogen) atoms. The van der Waals surface area contributed by atoms with Gasteiger partial charge in [0.2, 0.25) is 0 Å². The van der Waals surface area contributed by atoms with Crippen LogP contribution in [0.4, 0.5) is 14.5 Å². The molecule has 0 aliphatic rings. The van der Waals surface area contributed by atoms with E-state index in [1.54, 1.807) is 0 Å². The molecule has 1 aromatic carbocycles. The van der Waals surface area contributed by atoms with Crippen molar-refractivity contribution in [2.24, 2.45) is 5.84 Å². The highest BCUT2D eigenvalue weighted by molar-refractivity contribution is 5.77. The molecular formula is C9H10F2N2O3. The van der Waals surface area contributed by atoms with Crippen LogP contribution in [-0.2, 0) is 4.79 Å². The quantitative estimate of drug-likeness (QED) is 0.459. The average Bonchev–Trinajstić information content (AvgIpc) is 2.26. The van der Waals surface area contributed by atoms with Crippen LogP contribution in [0.25, 0.3) is 0 Å². The van der Waals surface area contributed by atoms with Crippen molar-refractivity contribution in [1.29, 1.82) is 0 Å². The van der Waals surface area contributed by atoms with Gasteiger partial charge in [-0.15, -0.1) is 0 Å². The molecule has 0 aromatic heterocycles. The van der Waals surface area contributed by atoms with E-state index >= 15 is 0 Å². The first-order valence-corrected chi connectivity index (χ1v) is 4.27. The highest BCUT2D eigenvalue weighted by Crippen LogP contribution is 2.28. The molecule has 0 fully saturated rings. The largest absolute Gasteiger partial charge is 0.479 e. The number of nitrogens with two attached hydrogens (primary N) is 1. The van der Waals surface area contributed by atoms with Gasteiger partial charge < -0.3 is 15.6 Å². The van der Waals surface area contributed by atoms with Crippen LogP contribution in [-0.4, -0.2) is 16.2 Å². The van der Waals surface area contributed by atoms with Crippen molar-refractivity contribution in [3.05, 3.63) is 29.3 Å². The van der Waals surface area contributed by atoms with Crippen molar-refractivity contribution in [2.75, 3.05) is 5.43 Å². The summed E-state index contributed by atoms with van der Waals surface area (Å²) in [5.74, 6) is 3.53. The smallest absolute Gasteiger partial charge is 0.337 e. The molecule has 0 heterocycles. The third kappa shape index (κ3) is 2.44. The zero-order valence-corrected chi connectivity index (χ0v) is 8.02. The van der Waals surface area contributed by atoms with Crippen molar-refractivity contribution in [2.45, 2.75) is 12.5 Å². The Morgan fingerprint density at radius 2 is 2.06 bits per heavy atom. The van der Waals surface area contributed by atoms with Crippen LogP contribution in [0.2, 0.25) is 0 Å². The molecule has 1 atom stereocenters. The van der Waals surface area contributed by atoms with Crippen molar-refractivity contribution in [3.8, 4) is 0 Å². The monoisotopic (exact) mass is 232 g/mol. The second-order valence-corrected chi connectivity index (χ2v) is 3.03. The fraction of sp³-hybridized carbons (Fsp3) is 0.222. The number of nitrogen functional groups attached to an aromatic ring is 1. The van der Waals surface area contributed by atoms with Crippen LogP contribution >= 0.6 is 0 Å². The SMILES string of the molecule is NNc1ccc(C(F)F)cc1C(O)C(=O)O. The van der Waals surface area contributed by atoms with Gasteiger partial charge in [0.05, 0.1) is 5.69 Å². The predicted molar refractivity (Wildman–Crippen MR) is 51.8 cm³/mol. The number of carbonyl (C=O) groups is 1. The maximum atomic E-state index is 12.4. The molecule has 0 radical (unpaired) electrons. The summed E-state index contributed by atoms with van der Waals surface area (Å²) in [7, 11) is 0. The van der Waals surface area contributed by atoms with Gasteiger partial charge in [0, 0.05) is 11.1 Å². The van der Waals surface area contributed by atoms with Crippen LogP contribution in [0.5, 0.6) is 0 Å². The van der Waals surface area contributed by atoms with Gasteiger partial charge in [-0.3, -0.25) is 5.84 Å². The standard InChI is InChI=1S/C9H10F2N2O3/c10-8(11)4-1-2-6(13-12)5(3-4)7(14)9(15)16/h1-3,7-8,13-14H,12H2,(H,15,16). The number of aliphatic carboxylic acids is 1. The predicted octanol–water partition coefficient (Wildman–Crippen LogP) is 1.03. The second kappa shape index (κ2) is 4.86. The van der Waals surface area contributed by atoms with E-state index in [2.05, 4.69) is 5.43 Å². The number of anilines is 1. The number of hydrazine groups is 1. The van der Waals surface area contributed by atoms with Gasteiger partial charge in [-0.05, 0) is 12.1 Å². The number of aliphatic hydroxyl groups excluding tert-OH is 1. The number of carboxylic acid groups (broad SMARTS) is 1. The molecule has 1 rings (SSSR count). The van der Waals surface area contributed by atoms with Gasteiger partial charge in [0.1, 0.15) is 0 Å². The number of aliphatic hydroxyl groups is 1. The minimum absolute atomic E-state index is 0.0827. The Balaban J connectivity index is 3.21. The molecule has 88 valence electrons. The molecule has 7 heteroatoms. The summed E-state index contributed by atoms with van der Waals surface area (Å²) >= 11 is 0. The summed E-state index contributed by atoms with van der Waals surface area (Å²) < 4.78 is 24.7. The Bertz CT molecular complexity index is 398. The summed E-state index contributed by atoms with van der Waals surface area (Å²) in [4.78, 5) is 10.5. The number of hydrogen-bond acceptors (Lipinski definition) is 4. The van der Waals surface area contributed by atoms with Gasteiger partial charge in [0.25, 0.3) is 6.43 Å². The lowest BCUT2D eigenvalue weighted by Gasteiger charge is -2.13. The number of hydrogen-bond donors (Lipinski definition) is 4. The second-order valence-electron chi connectivity index (χ2n) is 3.03. The van der Waals surface area contributed by atoms with Gasteiger partial charge in [0.15, 0.2) is 6.10 Å². The fourth-order valence-electron chi connectivity index (χ4n) is 1.21. The molecule has 1 aromatic rings. The number of nitrogens with one attached hydrogen (secondary N) is 1. The van der Waals surface area contributed by atoms with E-state index in [9.17, 15) is 18.7 Å². The van der Waals surface area contributed by atoms with Crippen LogP contribution in [0.15, 0.2) is 18.2 Å². The summed E-state index contributed by atoms with van der Waals surface area (Å²) in [6.45, 7) is 0. The van der Waals surface area contributed by atoms with Crippen LogP contribution in [0, 0.1) is 0 Å². The highest BCUT2D eigenvalue weighted by Gasteiger charge is 2.21. The molecule has 0 aliphatic heterocycles. The third-order valence-corrected chi connectivity index (χ3v) is 2.01. The Morgan fingerprint density at radius 3 is 2.50 bits per heavy atom. The summed E-state index contributed by atoms with van der Waals surface area (Å²) in [5.41, 5.74) is 1.63. The Kier molecular flexibility index (Phi) is 3.75. The molecule has 0 saturated heterocycles. The van der Waals surface area contributed by atoms with Crippen molar-refractivity contribution < 1.29 is 23.8 Å². The molecule has 0 amide bonds. The lowest BCUT2D eigenvalue weighted by Crippen LogP contribution is -2.16. The Labute approximate surface area is 89.5 Å². The first kappa shape index (κ1) is 12.3. The number of alkyl halides is 2.